The highest BCUT2D eigenvalue weighted by Gasteiger charge is 2.20. The van der Waals surface area contributed by atoms with Crippen LogP contribution in [0, 0.1) is 0 Å². The Morgan fingerprint density at radius 1 is 1.29 bits per heavy atom. The minimum Gasteiger partial charge on any atom is -0.444 e. The lowest BCUT2D eigenvalue weighted by Gasteiger charge is -2.19. The van der Waals surface area contributed by atoms with Crippen LogP contribution in [0.2, 0.25) is 0 Å². The van der Waals surface area contributed by atoms with Crippen LogP contribution in [-0.2, 0) is 9.47 Å². The maximum Gasteiger partial charge on any atom is 0.407 e. The first kappa shape index (κ1) is 14.3. The van der Waals surface area contributed by atoms with Crippen LogP contribution in [-0.4, -0.2) is 30.9 Å². The Morgan fingerprint density at radius 2 is 1.94 bits per heavy atom. The number of hydrogen-bond donors (Lipinski definition) is 1. The van der Waals surface area contributed by atoms with Crippen LogP contribution >= 0.6 is 0 Å². The van der Waals surface area contributed by atoms with E-state index in [1.807, 2.05) is 20.8 Å². The van der Waals surface area contributed by atoms with Crippen molar-refractivity contribution in [3.63, 3.8) is 0 Å². The normalized spacial score (nSPS) is 18.9. The second kappa shape index (κ2) is 6.84. The SMILES string of the molecule is CC(C)(C)OC(=O)NCCCCCCC1CO1. The van der Waals surface area contributed by atoms with E-state index in [9.17, 15) is 4.79 Å². The molecule has 1 N–H and O–H groups in total. The molecule has 0 radical (unpaired) electrons. The van der Waals surface area contributed by atoms with E-state index in [2.05, 4.69) is 5.32 Å². The van der Waals surface area contributed by atoms with Crippen molar-refractivity contribution in [1.82, 2.24) is 5.32 Å². The first-order chi connectivity index (χ1) is 7.97. The Morgan fingerprint density at radius 3 is 2.53 bits per heavy atom. The van der Waals surface area contributed by atoms with Gasteiger partial charge in [-0.25, -0.2) is 4.79 Å². The molecule has 1 aliphatic heterocycles. The lowest BCUT2D eigenvalue weighted by molar-refractivity contribution is 0.0527. The minimum atomic E-state index is -0.408. The van der Waals surface area contributed by atoms with Crippen molar-refractivity contribution in [2.45, 2.75) is 64.6 Å². The van der Waals surface area contributed by atoms with Gasteiger partial charge in [-0.15, -0.1) is 0 Å². The van der Waals surface area contributed by atoms with E-state index in [1.165, 1.54) is 19.3 Å². The molecule has 0 aliphatic carbocycles. The summed E-state index contributed by atoms with van der Waals surface area (Å²) >= 11 is 0. The fourth-order valence-corrected chi connectivity index (χ4v) is 1.59. The maximum atomic E-state index is 11.3. The van der Waals surface area contributed by atoms with Crippen LogP contribution < -0.4 is 5.32 Å². The average Bonchev–Trinajstić information content (AvgIpc) is 2.97. The smallest absolute Gasteiger partial charge is 0.407 e. The van der Waals surface area contributed by atoms with Gasteiger partial charge in [-0.05, 0) is 33.6 Å². The van der Waals surface area contributed by atoms with Crippen LogP contribution in [0.15, 0.2) is 0 Å². The molecule has 1 saturated heterocycles. The zero-order valence-electron chi connectivity index (χ0n) is 11.3. The zero-order chi connectivity index (χ0) is 12.7. The highest BCUT2D eigenvalue weighted by Crippen LogP contribution is 2.17. The van der Waals surface area contributed by atoms with Crippen LogP contribution in [0.25, 0.3) is 0 Å². The molecule has 1 unspecified atom stereocenters. The number of hydrogen-bond acceptors (Lipinski definition) is 3. The lowest BCUT2D eigenvalue weighted by atomic mass is 10.1. The maximum absolute atomic E-state index is 11.3. The molecule has 17 heavy (non-hydrogen) atoms. The number of nitrogens with one attached hydrogen (secondary N) is 1. The van der Waals surface area contributed by atoms with Gasteiger partial charge in [0, 0.05) is 6.54 Å². The van der Waals surface area contributed by atoms with E-state index in [-0.39, 0.29) is 6.09 Å². The molecule has 1 rings (SSSR count). The predicted octanol–water partition coefficient (Wildman–Crippen LogP) is 2.86. The largest absolute Gasteiger partial charge is 0.444 e. The van der Waals surface area contributed by atoms with E-state index in [0.717, 1.165) is 19.4 Å². The van der Waals surface area contributed by atoms with E-state index >= 15 is 0 Å². The van der Waals surface area contributed by atoms with E-state index < -0.39 is 5.60 Å². The zero-order valence-corrected chi connectivity index (χ0v) is 11.3. The summed E-state index contributed by atoms with van der Waals surface area (Å²) < 4.78 is 10.3. The van der Waals surface area contributed by atoms with Gasteiger partial charge in [0.05, 0.1) is 12.7 Å². The van der Waals surface area contributed by atoms with E-state index in [1.54, 1.807) is 0 Å². The molecule has 1 aliphatic rings. The Bertz CT molecular complexity index is 231. The van der Waals surface area contributed by atoms with Crippen LogP contribution in [0.1, 0.15) is 52.9 Å². The van der Waals surface area contributed by atoms with Gasteiger partial charge >= 0.3 is 6.09 Å². The van der Waals surface area contributed by atoms with Crippen molar-refractivity contribution in [3.05, 3.63) is 0 Å². The van der Waals surface area contributed by atoms with Crippen LogP contribution in [0.3, 0.4) is 0 Å². The number of alkyl carbamates (subject to hydrolysis) is 1. The summed E-state index contributed by atoms with van der Waals surface area (Å²) in [5.41, 5.74) is -0.408. The third-order valence-corrected chi connectivity index (χ3v) is 2.52. The quantitative estimate of drug-likeness (QED) is 0.552. The summed E-state index contributed by atoms with van der Waals surface area (Å²) in [6, 6.07) is 0. The summed E-state index contributed by atoms with van der Waals surface area (Å²) in [7, 11) is 0. The molecule has 1 heterocycles. The molecular formula is C13H25NO3. The first-order valence-electron chi connectivity index (χ1n) is 6.56. The molecule has 100 valence electrons. The molecule has 1 amide bonds. The molecule has 0 aromatic rings. The third-order valence-electron chi connectivity index (χ3n) is 2.52. The number of carbonyl (C=O) groups is 1. The molecule has 1 fully saturated rings. The monoisotopic (exact) mass is 243 g/mol. The Kier molecular flexibility index (Phi) is 5.75. The van der Waals surface area contributed by atoms with Crippen LogP contribution in [0.4, 0.5) is 4.79 Å². The number of epoxide rings is 1. The van der Waals surface area contributed by atoms with Crippen molar-refractivity contribution in [2.24, 2.45) is 0 Å². The summed E-state index contributed by atoms with van der Waals surface area (Å²) in [6.45, 7) is 7.26. The Hall–Kier alpha value is -0.770. The topological polar surface area (TPSA) is 50.9 Å². The van der Waals surface area contributed by atoms with Gasteiger partial charge in [0.1, 0.15) is 5.60 Å². The summed E-state index contributed by atoms with van der Waals surface area (Å²) in [4.78, 5) is 11.3. The summed E-state index contributed by atoms with van der Waals surface area (Å²) in [5.74, 6) is 0. The fourth-order valence-electron chi connectivity index (χ4n) is 1.59. The average molecular weight is 243 g/mol. The second-order valence-electron chi connectivity index (χ2n) is 5.59. The van der Waals surface area contributed by atoms with Gasteiger partial charge in [-0.2, -0.15) is 0 Å². The number of amides is 1. The number of unbranched alkanes of at least 4 members (excludes halogenated alkanes) is 3. The summed E-state index contributed by atoms with van der Waals surface area (Å²) in [6.07, 6.45) is 6.05. The third kappa shape index (κ3) is 8.98. The van der Waals surface area contributed by atoms with Crippen LogP contribution in [0.5, 0.6) is 0 Å². The molecule has 0 saturated carbocycles. The van der Waals surface area contributed by atoms with Crippen molar-refractivity contribution in [2.75, 3.05) is 13.2 Å². The standard InChI is InChI=1S/C13H25NO3/c1-13(2,3)17-12(15)14-9-7-5-4-6-8-11-10-16-11/h11H,4-10H2,1-3H3,(H,14,15). The molecule has 1 atom stereocenters. The van der Waals surface area contributed by atoms with Crippen molar-refractivity contribution in [1.29, 1.82) is 0 Å². The van der Waals surface area contributed by atoms with E-state index in [0.29, 0.717) is 12.6 Å². The van der Waals surface area contributed by atoms with Gasteiger partial charge in [0.15, 0.2) is 0 Å². The van der Waals surface area contributed by atoms with Crippen molar-refractivity contribution < 1.29 is 14.3 Å². The minimum absolute atomic E-state index is 0.316. The van der Waals surface area contributed by atoms with Gasteiger partial charge in [0.25, 0.3) is 0 Å². The Labute approximate surface area is 104 Å². The molecule has 0 aromatic carbocycles. The van der Waals surface area contributed by atoms with Crippen molar-refractivity contribution in [3.8, 4) is 0 Å². The molecule has 0 bridgehead atoms. The lowest BCUT2D eigenvalue weighted by Crippen LogP contribution is -2.32. The van der Waals surface area contributed by atoms with Gasteiger partial charge in [-0.1, -0.05) is 19.3 Å². The number of carbonyl (C=O) groups excluding carboxylic acids is 1. The van der Waals surface area contributed by atoms with Gasteiger partial charge < -0.3 is 14.8 Å². The molecule has 0 spiro atoms. The highest BCUT2D eigenvalue weighted by molar-refractivity contribution is 5.67. The molecular weight excluding hydrogens is 218 g/mol. The fraction of sp³-hybridized carbons (Fsp3) is 0.923. The Balaban J connectivity index is 1.84. The van der Waals surface area contributed by atoms with Crippen molar-refractivity contribution >= 4 is 6.09 Å². The second-order valence-corrected chi connectivity index (χ2v) is 5.59. The van der Waals surface area contributed by atoms with Gasteiger partial charge in [-0.3, -0.25) is 0 Å². The number of ether oxygens (including phenoxy) is 2. The highest BCUT2D eigenvalue weighted by atomic mass is 16.6. The molecule has 4 nitrogen and oxygen atoms in total. The predicted molar refractivity (Wildman–Crippen MR) is 67.1 cm³/mol. The molecule has 0 aromatic heterocycles. The van der Waals surface area contributed by atoms with E-state index in [4.69, 9.17) is 9.47 Å². The number of rotatable bonds is 7. The van der Waals surface area contributed by atoms with Gasteiger partial charge in [0.2, 0.25) is 0 Å². The summed E-state index contributed by atoms with van der Waals surface area (Å²) in [5, 5.41) is 2.77. The molecule has 4 heteroatoms. The first-order valence-corrected chi connectivity index (χ1v) is 6.56.